The average molecular weight is 387 g/mol. The summed E-state index contributed by atoms with van der Waals surface area (Å²) in [5.74, 6) is 0.948. The van der Waals surface area contributed by atoms with Crippen molar-refractivity contribution in [3.63, 3.8) is 0 Å². The van der Waals surface area contributed by atoms with Gasteiger partial charge in [-0.3, -0.25) is 4.79 Å². The maximum atomic E-state index is 12.2. The fourth-order valence-corrected chi connectivity index (χ4v) is 3.13. The molecule has 0 aromatic carbocycles. The van der Waals surface area contributed by atoms with Gasteiger partial charge in [0.2, 0.25) is 0 Å². The molecule has 0 bridgehead atoms. The Morgan fingerprint density at radius 1 is 1.16 bits per heavy atom. The molecule has 0 aliphatic carbocycles. The molecule has 25 heavy (non-hydrogen) atoms. The second kappa shape index (κ2) is 11.3. The van der Waals surface area contributed by atoms with Crippen molar-refractivity contribution in [1.29, 1.82) is 0 Å². The zero-order valence-corrected chi connectivity index (χ0v) is 16.1. The molecule has 7 heteroatoms. The lowest BCUT2D eigenvalue weighted by molar-refractivity contribution is 0.0956. The number of amides is 1. The van der Waals surface area contributed by atoms with E-state index in [1.54, 1.807) is 6.20 Å². The second-order valence-electron chi connectivity index (χ2n) is 6.31. The van der Waals surface area contributed by atoms with Crippen LogP contribution in [0.5, 0.6) is 0 Å². The highest BCUT2D eigenvalue weighted by molar-refractivity contribution is 5.94. The van der Waals surface area contributed by atoms with Gasteiger partial charge >= 0.3 is 0 Å². The second-order valence-corrected chi connectivity index (χ2v) is 6.31. The summed E-state index contributed by atoms with van der Waals surface area (Å²) < 4.78 is 0. The van der Waals surface area contributed by atoms with E-state index in [-0.39, 0.29) is 30.7 Å². The molecule has 1 aromatic heterocycles. The highest BCUT2D eigenvalue weighted by Gasteiger charge is 2.13. The molecule has 0 radical (unpaired) electrons. The molecule has 1 fully saturated rings. The third-order valence-electron chi connectivity index (χ3n) is 4.57. The smallest absolute Gasteiger partial charge is 0.253 e. The number of nitrogens with zero attached hydrogens (tertiary/aromatic N) is 2. The quantitative estimate of drug-likeness (QED) is 0.780. The van der Waals surface area contributed by atoms with Gasteiger partial charge in [0.15, 0.2) is 0 Å². The topological polar surface area (TPSA) is 57.3 Å². The third kappa shape index (κ3) is 6.49. The van der Waals surface area contributed by atoms with Gasteiger partial charge in [0.25, 0.3) is 5.91 Å². The predicted molar refractivity (Wildman–Crippen MR) is 107 cm³/mol. The van der Waals surface area contributed by atoms with Crippen LogP contribution >= 0.6 is 24.8 Å². The van der Waals surface area contributed by atoms with Gasteiger partial charge in [-0.15, -0.1) is 24.8 Å². The molecule has 1 amide bonds. The molecule has 2 N–H and O–H groups in total. The van der Waals surface area contributed by atoms with Crippen LogP contribution in [0.3, 0.4) is 0 Å². The van der Waals surface area contributed by atoms with E-state index in [1.807, 2.05) is 12.1 Å². The molecule has 1 saturated heterocycles. The van der Waals surface area contributed by atoms with Crippen LogP contribution < -0.4 is 15.5 Å². The van der Waals surface area contributed by atoms with Gasteiger partial charge in [-0.1, -0.05) is 24.5 Å². The average Bonchev–Trinajstić information content (AvgIpc) is 2.90. The lowest BCUT2D eigenvalue weighted by atomic mass is 10.1. The molecule has 0 unspecified atom stereocenters. The minimum absolute atomic E-state index is 0. The Morgan fingerprint density at radius 2 is 1.92 bits per heavy atom. The molecule has 0 atom stereocenters. The molecule has 3 heterocycles. The van der Waals surface area contributed by atoms with Crippen LogP contribution in [0, 0.1) is 0 Å². The summed E-state index contributed by atoms with van der Waals surface area (Å²) in [6.07, 6.45) is 9.94. The Balaban J connectivity index is 0.00000156. The van der Waals surface area contributed by atoms with Crippen LogP contribution in [-0.2, 0) is 0 Å². The Bertz CT molecular complexity index is 555. The molecule has 140 valence electrons. The van der Waals surface area contributed by atoms with Crippen molar-refractivity contribution < 1.29 is 4.79 Å². The first kappa shape index (κ1) is 21.7. The Kier molecular flexibility index (Phi) is 9.86. The minimum atomic E-state index is -0.0423. The number of carbonyl (C=O) groups excluding carboxylic acids is 1. The van der Waals surface area contributed by atoms with Crippen LogP contribution in [0.1, 0.15) is 42.5 Å². The van der Waals surface area contributed by atoms with Crippen molar-refractivity contribution in [2.75, 3.05) is 37.6 Å². The highest BCUT2D eigenvalue weighted by atomic mass is 35.5. The summed E-state index contributed by atoms with van der Waals surface area (Å²) in [5, 5.41) is 6.26. The maximum absolute atomic E-state index is 12.2. The summed E-state index contributed by atoms with van der Waals surface area (Å²) in [4.78, 5) is 19.1. The molecule has 0 saturated carbocycles. The van der Waals surface area contributed by atoms with Crippen LogP contribution in [-0.4, -0.2) is 43.6 Å². The van der Waals surface area contributed by atoms with E-state index in [9.17, 15) is 4.79 Å². The van der Waals surface area contributed by atoms with Crippen molar-refractivity contribution in [1.82, 2.24) is 15.6 Å². The fourth-order valence-electron chi connectivity index (χ4n) is 3.13. The number of hydrogen-bond donors (Lipinski definition) is 2. The molecule has 3 rings (SSSR count). The molecule has 1 aromatic rings. The minimum Gasteiger partial charge on any atom is -0.357 e. The highest BCUT2D eigenvalue weighted by Crippen LogP contribution is 2.17. The molecule has 2 aliphatic heterocycles. The third-order valence-corrected chi connectivity index (χ3v) is 4.57. The van der Waals surface area contributed by atoms with E-state index in [0.717, 1.165) is 38.4 Å². The summed E-state index contributed by atoms with van der Waals surface area (Å²) in [7, 11) is 0. The van der Waals surface area contributed by atoms with E-state index in [1.165, 1.54) is 31.3 Å². The van der Waals surface area contributed by atoms with E-state index >= 15 is 0 Å². The van der Waals surface area contributed by atoms with Crippen molar-refractivity contribution in [3.8, 4) is 0 Å². The SMILES string of the molecule is Cl.Cl.O=C(NCC1=CCNCC1)c1ccc(N2CCCCCC2)nc1. The Hall–Kier alpha value is -1.30. The summed E-state index contributed by atoms with van der Waals surface area (Å²) >= 11 is 0. The first-order valence-electron chi connectivity index (χ1n) is 8.71. The molecule has 0 spiro atoms. The lowest BCUT2D eigenvalue weighted by Gasteiger charge is -2.21. The standard InChI is InChI=1S/C18H26N4O.2ClH/c23-18(21-13-15-7-9-19-10-8-15)16-5-6-17(20-14-16)22-11-3-1-2-4-12-22;;/h5-7,14,19H,1-4,8-13H2,(H,21,23);2*1H. The number of nitrogens with one attached hydrogen (secondary N) is 2. The summed E-state index contributed by atoms with van der Waals surface area (Å²) in [6.45, 7) is 4.67. The largest absolute Gasteiger partial charge is 0.357 e. The predicted octanol–water partition coefficient (Wildman–Crippen LogP) is 2.96. The van der Waals surface area contributed by atoms with Crippen molar-refractivity contribution >= 4 is 36.5 Å². The number of aromatic nitrogens is 1. The van der Waals surface area contributed by atoms with Crippen LogP contribution in [0.2, 0.25) is 0 Å². The molecular weight excluding hydrogens is 359 g/mol. The summed E-state index contributed by atoms with van der Waals surface area (Å²) in [5.41, 5.74) is 1.93. The number of halogens is 2. The van der Waals surface area contributed by atoms with Crippen molar-refractivity contribution in [2.24, 2.45) is 0 Å². The van der Waals surface area contributed by atoms with Crippen molar-refractivity contribution in [2.45, 2.75) is 32.1 Å². The van der Waals surface area contributed by atoms with Gasteiger partial charge in [-0.05, 0) is 37.9 Å². The normalized spacial score (nSPS) is 17.4. The fraction of sp³-hybridized carbons (Fsp3) is 0.556. The Morgan fingerprint density at radius 3 is 2.52 bits per heavy atom. The van der Waals surface area contributed by atoms with Gasteiger partial charge < -0.3 is 15.5 Å². The Labute approximate surface area is 162 Å². The van der Waals surface area contributed by atoms with E-state index in [2.05, 4.69) is 26.6 Å². The molecule has 2 aliphatic rings. The molecule has 5 nitrogen and oxygen atoms in total. The van der Waals surface area contributed by atoms with E-state index in [4.69, 9.17) is 0 Å². The van der Waals surface area contributed by atoms with Gasteiger partial charge in [0, 0.05) is 32.4 Å². The van der Waals surface area contributed by atoms with Crippen LogP contribution in [0.4, 0.5) is 5.82 Å². The van der Waals surface area contributed by atoms with Crippen molar-refractivity contribution in [3.05, 3.63) is 35.5 Å². The number of rotatable bonds is 4. The summed E-state index contributed by atoms with van der Waals surface area (Å²) in [6, 6.07) is 3.86. The van der Waals surface area contributed by atoms with Gasteiger partial charge in [0.1, 0.15) is 5.82 Å². The monoisotopic (exact) mass is 386 g/mol. The van der Waals surface area contributed by atoms with Gasteiger partial charge in [-0.25, -0.2) is 4.98 Å². The van der Waals surface area contributed by atoms with Crippen LogP contribution in [0.25, 0.3) is 0 Å². The van der Waals surface area contributed by atoms with E-state index < -0.39 is 0 Å². The first-order valence-corrected chi connectivity index (χ1v) is 8.71. The zero-order valence-electron chi connectivity index (χ0n) is 14.5. The maximum Gasteiger partial charge on any atom is 0.253 e. The number of anilines is 1. The lowest BCUT2D eigenvalue weighted by Crippen LogP contribution is -2.30. The zero-order chi connectivity index (χ0) is 15.9. The van der Waals surface area contributed by atoms with Gasteiger partial charge in [-0.2, -0.15) is 0 Å². The van der Waals surface area contributed by atoms with Crippen LogP contribution in [0.15, 0.2) is 30.0 Å². The first-order chi connectivity index (χ1) is 11.3. The van der Waals surface area contributed by atoms with Gasteiger partial charge in [0.05, 0.1) is 5.56 Å². The molecular formula is C18H28Cl2N4O. The number of hydrogen-bond acceptors (Lipinski definition) is 4. The number of carbonyl (C=O) groups is 1. The van der Waals surface area contributed by atoms with E-state index in [0.29, 0.717) is 12.1 Å². The number of pyridine rings is 1.